The number of H-pyrrole nitrogens is 1. The van der Waals surface area contributed by atoms with Crippen molar-refractivity contribution in [3.63, 3.8) is 0 Å². The van der Waals surface area contributed by atoms with Gasteiger partial charge in [0.25, 0.3) is 0 Å². The lowest BCUT2D eigenvalue weighted by molar-refractivity contribution is 0.177. The minimum Gasteiger partial charge on any atom is -0.390 e. The molecule has 1 aromatic heterocycles. The summed E-state index contributed by atoms with van der Waals surface area (Å²) in [5, 5.41) is 15.9. The van der Waals surface area contributed by atoms with Gasteiger partial charge in [0.15, 0.2) is 11.0 Å². The van der Waals surface area contributed by atoms with E-state index in [9.17, 15) is 5.11 Å². The second-order valence-corrected chi connectivity index (χ2v) is 7.57. The van der Waals surface area contributed by atoms with Crippen molar-refractivity contribution in [3.05, 3.63) is 76.3 Å². The smallest absolute Gasteiger partial charge is 0.171 e. The van der Waals surface area contributed by atoms with Crippen LogP contribution < -0.4 is 11.0 Å². The van der Waals surface area contributed by atoms with Gasteiger partial charge in [-0.1, -0.05) is 73.5 Å². The van der Waals surface area contributed by atoms with Crippen LogP contribution in [0, 0.1) is 0 Å². The predicted octanol–water partition coefficient (Wildman–Crippen LogP) is 3.60. The van der Waals surface area contributed by atoms with Crippen molar-refractivity contribution < 1.29 is 5.11 Å². The van der Waals surface area contributed by atoms with Gasteiger partial charge < -0.3 is 10.1 Å². The van der Waals surface area contributed by atoms with E-state index >= 15 is 0 Å². The Bertz CT molecular complexity index is 1030. The quantitative estimate of drug-likeness (QED) is 0.443. The van der Waals surface area contributed by atoms with Gasteiger partial charge in [-0.2, -0.15) is 0 Å². The van der Waals surface area contributed by atoms with Gasteiger partial charge in [-0.3, -0.25) is 5.43 Å². The molecule has 7 nitrogen and oxygen atoms in total. The Morgan fingerprint density at radius 2 is 1.83 bits per heavy atom. The Hall–Kier alpha value is -2.87. The van der Waals surface area contributed by atoms with Gasteiger partial charge in [0, 0.05) is 18.5 Å². The molecule has 2 aromatic carbocycles. The maximum absolute atomic E-state index is 9.26. The van der Waals surface area contributed by atoms with E-state index in [1.54, 1.807) is 0 Å². The summed E-state index contributed by atoms with van der Waals surface area (Å²) < 4.78 is 0. The molecule has 4 N–H and O–H groups in total. The zero-order valence-corrected chi connectivity index (χ0v) is 17.6. The van der Waals surface area contributed by atoms with Gasteiger partial charge in [0.2, 0.25) is 0 Å². The number of nitrogens with one attached hydrogen (secondary N) is 3. The zero-order chi connectivity index (χ0) is 20.9. The Morgan fingerprint density at radius 1 is 1.07 bits per heavy atom. The highest BCUT2D eigenvalue weighted by molar-refractivity contribution is 6.30. The number of imidazole rings is 1. The first-order valence-electron chi connectivity index (χ1n) is 10.1. The molecule has 1 aliphatic rings. The number of aromatic nitrogens is 2. The molecule has 1 aliphatic heterocycles. The van der Waals surface area contributed by atoms with Gasteiger partial charge in [-0.15, -0.1) is 10.2 Å². The molecule has 3 aromatic rings. The van der Waals surface area contributed by atoms with Crippen LogP contribution in [0.2, 0.25) is 5.15 Å². The molecule has 0 spiro atoms. The Labute approximate surface area is 180 Å². The summed E-state index contributed by atoms with van der Waals surface area (Å²) in [6.07, 6.45) is 2.84. The van der Waals surface area contributed by atoms with Crippen LogP contribution in [0.1, 0.15) is 42.4 Å². The first-order chi connectivity index (χ1) is 14.7. The number of halogens is 1. The molecule has 4 rings (SSSR count). The third-order valence-corrected chi connectivity index (χ3v) is 5.33. The number of unbranched alkanes of at least 4 members (excludes halogenated alkanes) is 1. The first kappa shape index (κ1) is 20.4. The fourth-order valence-electron chi connectivity index (χ4n) is 3.40. The SMILES string of the molecule is CCCCN1NN=C(c2ccccc2-c2ccc(Cc3nc(Cl)c(CO)[nH]3)cc2)N1. The molecular formula is C22H25ClN6O. The Balaban J connectivity index is 1.51. The monoisotopic (exact) mass is 424 g/mol. The van der Waals surface area contributed by atoms with Crippen LogP contribution in [-0.2, 0) is 13.0 Å². The number of aliphatic hydroxyl groups is 1. The minimum absolute atomic E-state index is 0.149. The molecule has 0 fully saturated rings. The van der Waals surface area contributed by atoms with E-state index in [2.05, 4.69) is 69.4 Å². The highest BCUT2D eigenvalue weighted by Gasteiger charge is 2.18. The molecule has 156 valence electrons. The van der Waals surface area contributed by atoms with Crippen LogP contribution in [0.4, 0.5) is 0 Å². The van der Waals surface area contributed by atoms with Gasteiger partial charge in [-0.05, 0) is 23.1 Å². The highest BCUT2D eigenvalue weighted by atomic mass is 35.5. The summed E-state index contributed by atoms with van der Waals surface area (Å²) in [6, 6.07) is 16.6. The van der Waals surface area contributed by atoms with Crippen LogP contribution in [0.3, 0.4) is 0 Å². The third kappa shape index (κ3) is 4.48. The van der Waals surface area contributed by atoms with Crippen molar-refractivity contribution in [2.75, 3.05) is 6.54 Å². The lowest BCUT2D eigenvalue weighted by Gasteiger charge is -2.16. The number of benzene rings is 2. The lowest BCUT2D eigenvalue weighted by atomic mass is 9.97. The third-order valence-electron chi connectivity index (χ3n) is 5.01. The van der Waals surface area contributed by atoms with E-state index in [-0.39, 0.29) is 6.61 Å². The maximum atomic E-state index is 9.26. The molecule has 0 unspecified atom stereocenters. The average molecular weight is 425 g/mol. The van der Waals surface area contributed by atoms with E-state index in [1.807, 2.05) is 17.3 Å². The summed E-state index contributed by atoms with van der Waals surface area (Å²) in [5.41, 5.74) is 11.3. The van der Waals surface area contributed by atoms with Gasteiger partial charge in [0.1, 0.15) is 5.82 Å². The number of rotatable bonds is 8. The molecule has 8 heteroatoms. The van der Waals surface area contributed by atoms with Crippen molar-refractivity contribution >= 4 is 17.4 Å². The molecule has 0 bridgehead atoms. The maximum Gasteiger partial charge on any atom is 0.171 e. The number of aromatic amines is 1. The summed E-state index contributed by atoms with van der Waals surface area (Å²) in [5.74, 6) is 1.55. The molecule has 0 amide bonds. The van der Waals surface area contributed by atoms with Crippen molar-refractivity contribution in [1.82, 2.24) is 26.0 Å². The molecule has 0 aliphatic carbocycles. The average Bonchev–Trinajstić information content (AvgIpc) is 3.39. The standard InChI is InChI=1S/C22H25ClN6O/c1-2-3-12-29-27-22(26-28-29)18-7-5-4-6-17(18)16-10-8-15(9-11-16)13-20-24-19(14-30)21(23)25-20/h4-11,28,30H,2-3,12-14H2,1H3,(H,24,25)(H,26,27). The van der Waals surface area contributed by atoms with Crippen LogP contribution in [0.5, 0.6) is 0 Å². The van der Waals surface area contributed by atoms with Crippen LogP contribution >= 0.6 is 11.6 Å². The van der Waals surface area contributed by atoms with Crippen LogP contribution in [0.25, 0.3) is 11.1 Å². The van der Waals surface area contributed by atoms with Gasteiger partial charge in [0.05, 0.1) is 12.3 Å². The lowest BCUT2D eigenvalue weighted by Crippen LogP contribution is -2.42. The summed E-state index contributed by atoms with van der Waals surface area (Å²) in [4.78, 5) is 7.33. The molecule has 2 heterocycles. The number of aliphatic hydroxyl groups excluding tert-OH is 1. The van der Waals surface area contributed by atoms with Gasteiger partial charge in [-0.25, -0.2) is 10.5 Å². The normalized spacial score (nSPS) is 13.8. The number of amidine groups is 1. The van der Waals surface area contributed by atoms with Crippen molar-refractivity contribution in [3.8, 4) is 11.1 Å². The van der Waals surface area contributed by atoms with E-state index < -0.39 is 0 Å². The van der Waals surface area contributed by atoms with Crippen LogP contribution in [-0.4, -0.2) is 32.6 Å². The summed E-state index contributed by atoms with van der Waals surface area (Å²) in [6.45, 7) is 2.90. The minimum atomic E-state index is -0.149. The predicted molar refractivity (Wildman–Crippen MR) is 119 cm³/mol. The molecular weight excluding hydrogens is 400 g/mol. The fraction of sp³-hybridized carbons (Fsp3) is 0.273. The van der Waals surface area contributed by atoms with Crippen molar-refractivity contribution in [2.24, 2.45) is 5.10 Å². The second-order valence-electron chi connectivity index (χ2n) is 7.21. The largest absolute Gasteiger partial charge is 0.390 e. The molecule has 30 heavy (non-hydrogen) atoms. The molecule has 0 saturated carbocycles. The van der Waals surface area contributed by atoms with Gasteiger partial charge >= 0.3 is 0 Å². The van der Waals surface area contributed by atoms with Crippen molar-refractivity contribution in [2.45, 2.75) is 32.8 Å². The van der Waals surface area contributed by atoms with E-state index in [4.69, 9.17) is 11.6 Å². The number of hydrogen-bond donors (Lipinski definition) is 4. The Morgan fingerprint density at radius 3 is 2.53 bits per heavy atom. The highest BCUT2D eigenvalue weighted by Crippen LogP contribution is 2.25. The Kier molecular flexibility index (Phi) is 6.32. The van der Waals surface area contributed by atoms with E-state index in [0.29, 0.717) is 17.3 Å². The number of hydrazine groups is 2. The molecule has 0 radical (unpaired) electrons. The van der Waals surface area contributed by atoms with Crippen molar-refractivity contribution in [1.29, 1.82) is 0 Å². The molecule has 0 atom stereocenters. The topological polar surface area (TPSA) is 88.6 Å². The first-order valence-corrected chi connectivity index (χ1v) is 10.5. The summed E-state index contributed by atoms with van der Waals surface area (Å²) in [7, 11) is 0. The summed E-state index contributed by atoms with van der Waals surface area (Å²) >= 11 is 6.01. The number of hydrazone groups is 1. The van der Waals surface area contributed by atoms with Crippen LogP contribution in [0.15, 0.2) is 53.6 Å². The van der Waals surface area contributed by atoms with E-state index in [0.717, 1.165) is 53.3 Å². The fourth-order valence-corrected chi connectivity index (χ4v) is 3.60. The zero-order valence-electron chi connectivity index (χ0n) is 16.8. The second kappa shape index (κ2) is 9.30. The molecule has 0 saturated heterocycles. The number of nitrogens with zero attached hydrogens (tertiary/aromatic N) is 3. The number of hydrogen-bond acceptors (Lipinski definition) is 6. The van der Waals surface area contributed by atoms with E-state index in [1.165, 1.54) is 0 Å².